The Morgan fingerprint density at radius 3 is 2.53 bits per heavy atom. The van der Waals surface area contributed by atoms with Crippen LogP contribution in [-0.4, -0.2) is 61.4 Å². The maximum atomic E-state index is 12.2. The molecule has 1 aliphatic heterocycles. The molecule has 1 saturated heterocycles. The molecule has 3 N–H and O–H groups in total. The quantitative estimate of drug-likeness (QED) is 0.481. The van der Waals surface area contributed by atoms with Crippen molar-refractivity contribution in [1.29, 1.82) is 0 Å². The highest BCUT2D eigenvalue weighted by atomic mass is 32.2. The SMILES string of the molecule is CC1CN(C(O)c2cccc(NC(=O)CCCCNS(=O)(=O)C(C)C)c2)CC(C)O1. The number of hydrogen-bond acceptors (Lipinski definition) is 6. The molecule has 8 nitrogen and oxygen atoms in total. The number of benzene rings is 1. The van der Waals surface area contributed by atoms with Crippen LogP contribution in [0.4, 0.5) is 5.69 Å². The molecule has 1 amide bonds. The number of sulfonamides is 1. The van der Waals surface area contributed by atoms with E-state index in [2.05, 4.69) is 10.0 Å². The van der Waals surface area contributed by atoms with Crippen molar-refractivity contribution in [2.45, 2.75) is 70.6 Å². The molecule has 2 rings (SSSR count). The van der Waals surface area contributed by atoms with Crippen molar-refractivity contribution >= 4 is 21.6 Å². The lowest BCUT2D eigenvalue weighted by molar-refractivity contribution is -0.121. The number of morpholine rings is 1. The molecule has 3 atom stereocenters. The van der Waals surface area contributed by atoms with Crippen molar-refractivity contribution in [1.82, 2.24) is 9.62 Å². The van der Waals surface area contributed by atoms with Gasteiger partial charge in [-0.05, 0) is 58.2 Å². The summed E-state index contributed by atoms with van der Waals surface area (Å²) in [4.78, 5) is 14.2. The molecular formula is C21H35N3O5S. The highest BCUT2D eigenvalue weighted by Gasteiger charge is 2.27. The zero-order chi connectivity index (χ0) is 22.3. The monoisotopic (exact) mass is 441 g/mol. The fourth-order valence-corrected chi connectivity index (χ4v) is 4.18. The highest BCUT2D eigenvalue weighted by Crippen LogP contribution is 2.24. The number of unbranched alkanes of at least 4 members (excludes halogenated alkanes) is 1. The van der Waals surface area contributed by atoms with Crippen LogP contribution in [0.25, 0.3) is 0 Å². The van der Waals surface area contributed by atoms with Crippen LogP contribution in [-0.2, 0) is 19.6 Å². The molecule has 1 aliphatic rings. The molecule has 0 aromatic heterocycles. The van der Waals surface area contributed by atoms with Gasteiger partial charge in [-0.15, -0.1) is 0 Å². The number of carbonyl (C=O) groups is 1. The van der Waals surface area contributed by atoms with E-state index in [1.54, 1.807) is 26.0 Å². The van der Waals surface area contributed by atoms with Crippen LogP contribution >= 0.6 is 0 Å². The maximum Gasteiger partial charge on any atom is 0.224 e. The standard InChI is InChI=1S/C21H35N3O5S/c1-15(2)30(27,28)22-11-6-5-10-20(25)23-19-9-7-8-18(12-19)21(26)24-13-16(3)29-17(4)14-24/h7-9,12,15-17,21-22,26H,5-6,10-11,13-14H2,1-4H3,(H,23,25). The van der Waals surface area contributed by atoms with Gasteiger partial charge >= 0.3 is 0 Å². The minimum Gasteiger partial charge on any atom is -0.374 e. The molecule has 0 spiro atoms. The number of rotatable bonds is 10. The van der Waals surface area contributed by atoms with E-state index in [9.17, 15) is 18.3 Å². The summed E-state index contributed by atoms with van der Waals surface area (Å²) in [6, 6.07) is 7.22. The third kappa shape index (κ3) is 7.63. The molecule has 9 heteroatoms. The Morgan fingerprint density at radius 1 is 1.23 bits per heavy atom. The van der Waals surface area contributed by atoms with E-state index in [1.807, 2.05) is 30.9 Å². The third-order valence-corrected chi connectivity index (χ3v) is 6.86. The summed E-state index contributed by atoms with van der Waals surface area (Å²) in [6.07, 6.45) is 0.815. The first-order chi connectivity index (χ1) is 14.1. The van der Waals surface area contributed by atoms with Gasteiger partial charge in [-0.3, -0.25) is 9.69 Å². The molecule has 0 radical (unpaired) electrons. The topological polar surface area (TPSA) is 108 Å². The average molecular weight is 442 g/mol. The largest absolute Gasteiger partial charge is 0.374 e. The van der Waals surface area contributed by atoms with Crippen molar-refractivity contribution in [3.63, 3.8) is 0 Å². The van der Waals surface area contributed by atoms with Gasteiger partial charge in [0.25, 0.3) is 0 Å². The van der Waals surface area contributed by atoms with Gasteiger partial charge in [-0.2, -0.15) is 0 Å². The molecule has 3 unspecified atom stereocenters. The summed E-state index contributed by atoms with van der Waals surface area (Å²) in [7, 11) is -3.26. The van der Waals surface area contributed by atoms with Gasteiger partial charge in [0.2, 0.25) is 15.9 Å². The minimum atomic E-state index is -3.26. The second-order valence-electron chi connectivity index (χ2n) is 8.20. The Kier molecular flexibility index (Phi) is 9.24. The highest BCUT2D eigenvalue weighted by molar-refractivity contribution is 7.90. The molecule has 1 fully saturated rings. The van der Waals surface area contributed by atoms with Crippen molar-refractivity contribution in [2.24, 2.45) is 0 Å². The van der Waals surface area contributed by atoms with E-state index < -0.39 is 21.5 Å². The van der Waals surface area contributed by atoms with Crippen LogP contribution in [0.3, 0.4) is 0 Å². The first-order valence-corrected chi connectivity index (χ1v) is 12.1. The fraction of sp³-hybridized carbons (Fsp3) is 0.667. The van der Waals surface area contributed by atoms with Gasteiger partial charge in [-0.25, -0.2) is 13.1 Å². The number of hydrogen-bond donors (Lipinski definition) is 3. The van der Waals surface area contributed by atoms with Crippen molar-refractivity contribution in [3.05, 3.63) is 29.8 Å². The van der Waals surface area contributed by atoms with Crippen LogP contribution in [0.15, 0.2) is 24.3 Å². The zero-order valence-electron chi connectivity index (χ0n) is 18.3. The number of nitrogens with zero attached hydrogens (tertiary/aromatic N) is 1. The van der Waals surface area contributed by atoms with Gasteiger partial charge in [0, 0.05) is 31.7 Å². The lowest BCUT2D eigenvalue weighted by Crippen LogP contribution is -2.46. The van der Waals surface area contributed by atoms with Gasteiger partial charge in [0.05, 0.1) is 17.5 Å². The summed E-state index contributed by atoms with van der Waals surface area (Å²) < 4.78 is 31.6. The Balaban J connectivity index is 1.81. The third-order valence-electron chi connectivity index (χ3n) is 5.02. The molecule has 30 heavy (non-hydrogen) atoms. The van der Waals surface area contributed by atoms with Crippen LogP contribution in [0.1, 0.15) is 58.7 Å². The predicted octanol–water partition coefficient (Wildman–Crippen LogP) is 2.22. The average Bonchev–Trinajstić information content (AvgIpc) is 2.66. The van der Waals surface area contributed by atoms with Gasteiger partial charge in [-0.1, -0.05) is 12.1 Å². The van der Waals surface area contributed by atoms with Crippen LogP contribution < -0.4 is 10.0 Å². The Labute approximate surface area is 180 Å². The van der Waals surface area contributed by atoms with Crippen molar-refractivity contribution in [2.75, 3.05) is 25.0 Å². The van der Waals surface area contributed by atoms with E-state index in [-0.39, 0.29) is 18.1 Å². The van der Waals surface area contributed by atoms with E-state index in [0.29, 0.717) is 44.6 Å². The number of nitrogens with one attached hydrogen (secondary N) is 2. The summed E-state index contributed by atoms with van der Waals surface area (Å²) in [6.45, 7) is 8.83. The number of aliphatic hydroxyl groups is 1. The lowest BCUT2D eigenvalue weighted by atomic mass is 10.1. The maximum absolute atomic E-state index is 12.2. The summed E-state index contributed by atoms with van der Waals surface area (Å²) in [5.41, 5.74) is 1.35. The Morgan fingerprint density at radius 2 is 1.90 bits per heavy atom. The smallest absolute Gasteiger partial charge is 0.224 e. The van der Waals surface area contributed by atoms with E-state index in [1.165, 1.54) is 0 Å². The number of carbonyl (C=O) groups excluding carboxylic acids is 1. The molecule has 1 aromatic rings. The number of aliphatic hydroxyl groups excluding tert-OH is 1. The first-order valence-electron chi connectivity index (χ1n) is 10.5. The Hall–Kier alpha value is -1.52. The summed E-state index contributed by atoms with van der Waals surface area (Å²) in [5.74, 6) is -0.137. The zero-order valence-corrected chi connectivity index (χ0v) is 19.1. The lowest BCUT2D eigenvalue weighted by Gasteiger charge is -2.38. The van der Waals surface area contributed by atoms with E-state index in [4.69, 9.17) is 4.74 Å². The predicted molar refractivity (Wildman–Crippen MR) is 118 cm³/mol. The number of amides is 1. The van der Waals surface area contributed by atoms with Gasteiger partial charge in [0.15, 0.2) is 0 Å². The van der Waals surface area contributed by atoms with E-state index >= 15 is 0 Å². The second-order valence-corrected chi connectivity index (χ2v) is 10.5. The molecule has 170 valence electrons. The molecular weight excluding hydrogens is 406 g/mol. The number of anilines is 1. The normalized spacial score (nSPS) is 21.5. The molecule has 1 heterocycles. The molecule has 0 saturated carbocycles. The molecule has 0 aliphatic carbocycles. The van der Waals surface area contributed by atoms with Crippen LogP contribution in [0, 0.1) is 0 Å². The van der Waals surface area contributed by atoms with E-state index in [0.717, 1.165) is 5.56 Å². The first kappa shape index (κ1) is 24.7. The second kappa shape index (κ2) is 11.2. The fourth-order valence-electron chi connectivity index (χ4n) is 3.42. The van der Waals surface area contributed by atoms with Gasteiger partial charge in [0.1, 0.15) is 6.23 Å². The molecule has 1 aromatic carbocycles. The number of ether oxygens (including phenoxy) is 1. The Bertz CT molecular complexity index is 790. The van der Waals surface area contributed by atoms with Crippen LogP contribution in [0.2, 0.25) is 0 Å². The minimum absolute atomic E-state index is 0.0521. The van der Waals surface area contributed by atoms with Crippen molar-refractivity contribution in [3.8, 4) is 0 Å². The van der Waals surface area contributed by atoms with Gasteiger partial charge < -0.3 is 15.2 Å². The summed E-state index contributed by atoms with van der Waals surface area (Å²) >= 11 is 0. The molecule has 0 bridgehead atoms. The van der Waals surface area contributed by atoms with Crippen molar-refractivity contribution < 1.29 is 23.1 Å². The summed E-state index contributed by atoms with van der Waals surface area (Å²) in [5, 5.41) is 13.1. The van der Waals surface area contributed by atoms with Crippen LogP contribution in [0.5, 0.6) is 0 Å².